The number of benzene rings is 2. The van der Waals surface area contributed by atoms with Gasteiger partial charge in [-0.2, -0.15) is 0 Å². The van der Waals surface area contributed by atoms with Crippen LogP contribution in [0.25, 0.3) is 0 Å². The van der Waals surface area contributed by atoms with Gasteiger partial charge in [0, 0.05) is 42.5 Å². The van der Waals surface area contributed by atoms with E-state index in [1.807, 2.05) is 0 Å². The molecule has 1 aliphatic heterocycles. The highest BCUT2D eigenvalue weighted by atomic mass is 35.5. The van der Waals surface area contributed by atoms with Crippen molar-refractivity contribution in [2.45, 2.75) is 29.7 Å². The van der Waals surface area contributed by atoms with Crippen LogP contribution in [0.15, 0.2) is 58.7 Å². The first kappa shape index (κ1) is 24.2. The third-order valence-electron chi connectivity index (χ3n) is 5.71. The Bertz CT molecular complexity index is 1160. The number of hydrogen-bond acceptors (Lipinski definition) is 7. The molecule has 1 N–H and O–H groups in total. The molecule has 2 heterocycles. The van der Waals surface area contributed by atoms with Gasteiger partial charge in [-0.25, -0.2) is 9.97 Å². The number of halogens is 1. The van der Waals surface area contributed by atoms with Crippen LogP contribution in [0.3, 0.4) is 0 Å². The van der Waals surface area contributed by atoms with Crippen LogP contribution in [0, 0.1) is 12.8 Å². The number of carbonyl (C=O) groups is 1. The van der Waals surface area contributed by atoms with Crippen LogP contribution in [0.5, 0.6) is 11.5 Å². The summed E-state index contributed by atoms with van der Waals surface area (Å²) in [5, 5.41) is 4.15. The van der Waals surface area contributed by atoms with Crippen molar-refractivity contribution in [3.05, 3.63) is 59.4 Å². The zero-order chi connectivity index (χ0) is 24.1. The SMILES string of the molecule is COc1cc(Cl)c(NC(=O)[C@@H]2CCCN(c3nccnc3Sc3ccc(C)cc3)C2)c(OC)c1. The molecule has 7 nitrogen and oxygen atoms in total. The summed E-state index contributed by atoms with van der Waals surface area (Å²) in [5.41, 5.74) is 1.66. The van der Waals surface area contributed by atoms with Gasteiger partial charge in [0.15, 0.2) is 5.82 Å². The van der Waals surface area contributed by atoms with Gasteiger partial charge in [-0.1, -0.05) is 41.1 Å². The molecule has 0 spiro atoms. The fourth-order valence-electron chi connectivity index (χ4n) is 3.89. The van der Waals surface area contributed by atoms with Gasteiger partial charge in [0.05, 0.1) is 25.2 Å². The lowest BCUT2D eigenvalue weighted by Gasteiger charge is -2.33. The van der Waals surface area contributed by atoms with E-state index in [2.05, 4.69) is 51.4 Å². The Hall–Kier alpha value is -2.97. The van der Waals surface area contributed by atoms with E-state index < -0.39 is 0 Å². The Morgan fingerprint density at radius 3 is 2.65 bits per heavy atom. The number of aryl methyl sites for hydroxylation is 1. The Morgan fingerprint density at radius 1 is 1.15 bits per heavy atom. The topological polar surface area (TPSA) is 76.6 Å². The van der Waals surface area contributed by atoms with Crippen LogP contribution in [0.2, 0.25) is 5.02 Å². The first-order valence-corrected chi connectivity index (χ1v) is 12.2. The number of nitrogens with one attached hydrogen (secondary N) is 1. The quantitative estimate of drug-likeness (QED) is 0.463. The van der Waals surface area contributed by atoms with E-state index in [-0.39, 0.29) is 11.8 Å². The molecule has 1 amide bonds. The molecule has 34 heavy (non-hydrogen) atoms. The highest BCUT2D eigenvalue weighted by molar-refractivity contribution is 7.99. The number of carbonyl (C=O) groups excluding carboxylic acids is 1. The lowest BCUT2D eigenvalue weighted by molar-refractivity contribution is -0.120. The maximum atomic E-state index is 13.2. The van der Waals surface area contributed by atoms with E-state index in [1.54, 1.807) is 43.4 Å². The van der Waals surface area contributed by atoms with Gasteiger partial charge < -0.3 is 19.7 Å². The van der Waals surface area contributed by atoms with Gasteiger partial charge in [0.25, 0.3) is 0 Å². The maximum absolute atomic E-state index is 13.2. The van der Waals surface area contributed by atoms with E-state index in [1.165, 1.54) is 12.7 Å². The van der Waals surface area contributed by atoms with E-state index in [0.29, 0.717) is 28.8 Å². The van der Waals surface area contributed by atoms with E-state index in [9.17, 15) is 4.79 Å². The van der Waals surface area contributed by atoms with E-state index in [4.69, 9.17) is 21.1 Å². The van der Waals surface area contributed by atoms with Crippen LogP contribution >= 0.6 is 23.4 Å². The third-order valence-corrected chi connectivity index (χ3v) is 6.99. The number of amides is 1. The van der Waals surface area contributed by atoms with Crippen molar-refractivity contribution in [3.8, 4) is 11.5 Å². The van der Waals surface area contributed by atoms with E-state index >= 15 is 0 Å². The van der Waals surface area contributed by atoms with Gasteiger partial charge in [-0.15, -0.1) is 0 Å². The highest BCUT2D eigenvalue weighted by Crippen LogP contribution is 2.38. The van der Waals surface area contributed by atoms with Crippen LogP contribution in [-0.4, -0.2) is 43.2 Å². The van der Waals surface area contributed by atoms with E-state index in [0.717, 1.165) is 35.1 Å². The second-order valence-corrected chi connectivity index (χ2v) is 9.53. The molecule has 0 aliphatic carbocycles. The van der Waals surface area contributed by atoms with Crippen molar-refractivity contribution in [2.75, 3.05) is 37.5 Å². The zero-order valence-corrected chi connectivity index (χ0v) is 20.9. The number of ether oxygens (including phenoxy) is 2. The average Bonchev–Trinajstić information content (AvgIpc) is 2.86. The minimum atomic E-state index is -0.226. The molecule has 0 unspecified atom stereocenters. The molecule has 1 fully saturated rings. The summed E-state index contributed by atoms with van der Waals surface area (Å²) in [5.74, 6) is 1.48. The second kappa shape index (κ2) is 11.0. The summed E-state index contributed by atoms with van der Waals surface area (Å²) >= 11 is 7.98. The normalized spacial score (nSPS) is 15.6. The molecule has 178 valence electrons. The van der Waals surface area contributed by atoms with Crippen LogP contribution in [0.4, 0.5) is 11.5 Å². The molecule has 1 aromatic heterocycles. The minimum Gasteiger partial charge on any atom is -0.497 e. The molecule has 3 aromatic rings. The maximum Gasteiger partial charge on any atom is 0.229 e. The monoisotopic (exact) mass is 498 g/mol. The smallest absolute Gasteiger partial charge is 0.229 e. The van der Waals surface area contributed by atoms with Gasteiger partial charge in [-0.05, 0) is 31.9 Å². The molecule has 4 rings (SSSR count). The fraction of sp³-hybridized carbons (Fsp3) is 0.320. The molecule has 9 heteroatoms. The fourth-order valence-corrected chi connectivity index (χ4v) is 5.02. The van der Waals surface area contributed by atoms with Gasteiger partial charge >= 0.3 is 0 Å². The number of anilines is 2. The molecular weight excluding hydrogens is 472 g/mol. The number of aromatic nitrogens is 2. The van der Waals surface area contributed by atoms with Crippen LogP contribution in [0.1, 0.15) is 18.4 Å². The summed E-state index contributed by atoms with van der Waals surface area (Å²) in [7, 11) is 3.09. The third kappa shape index (κ3) is 5.56. The molecule has 1 atom stereocenters. The summed E-state index contributed by atoms with van der Waals surface area (Å²) in [6, 6.07) is 11.7. The predicted molar refractivity (Wildman–Crippen MR) is 135 cm³/mol. The molecule has 0 bridgehead atoms. The Labute approximate surface area is 208 Å². The molecular formula is C25H27ClN4O3S. The van der Waals surface area contributed by atoms with Crippen LogP contribution in [-0.2, 0) is 4.79 Å². The Balaban J connectivity index is 1.50. The standard InChI is InChI=1S/C25H27ClN4O3S/c1-16-6-8-19(9-7-16)34-25-23(27-10-11-28-25)30-12-4-5-17(15-30)24(31)29-22-20(26)13-18(32-2)14-21(22)33-3/h6-11,13-14,17H,4-5,12,15H2,1-3H3,(H,29,31)/t17-/m1/s1. The predicted octanol–water partition coefficient (Wildman–Crippen LogP) is 5.46. The number of nitrogens with zero attached hydrogens (tertiary/aromatic N) is 3. The number of hydrogen-bond donors (Lipinski definition) is 1. The largest absolute Gasteiger partial charge is 0.497 e. The van der Waals surface area contributed by atoms with Gasteiger partial charge in [0.2, 0.25) is 5.91 Å². The molecule has 2 aromatic carbocycles. The first-order chi connectivity index (χ1) is 16.5. The number of piperidine rings is 1. The number of methoxy groups -OCH3 is 2. The Morgan fingerprint density at radius 2 is 1.91 bits per heavy atom. The molecule has 0 saturated carbocycles. The van der Waals surface area contributed by atoms with Crippen molar-refractivity contribution in [1.82, 2.24) is 9.97 Å². The zero-order valence-electron chi connectivity index (χ0n) is 19.4. The minimum absolute atomic E-state index is 0.105. The number of rotatable bonds is 7. The molecule has 0 radical (unpaired) electrons. The highest BCUT2D eigenvalue weighted by Gasteiger charge is 2.29. The van der Waals surface area contributed by atoms with Crippen molar-refractivity contribution >= 4 is 40.8 Å². The molecule has 1 saturated heterocycles. The van der Waals surface area contributed by atoms with Gasteiger partial charge in [0.1, 0.15) is 22.2 Å². The summed E-state index contributed by atoms with van der Waals surface area (Å²) in [6.45, 7) is 3.43. The lowest BCUT2D eigenvalue weighted by atomic mass is 9.97. The van der Waals surface area contributed by atoms with Crippen molar-refractivity contribution in [1.29, 1.82) is 0 Å². The van der Waals surface area contributed by atoms with Crippen molar-refractivity contribution in [3.63, 3.8) is 0 Å². The molecule has 1 aliphatic rings. The summed E-state index contributed by atoms with van der Waals surface area (Å²) in [6.07, 6.45) is 5.04. The average molecular weight is 499 g/mol. The lowest BCUT2D eigenvalue weighted by Crippen LogP contribution is -2.41. The first-order valence-electron chi connectivity index (χ1n) is 11.0. The summed E-state index contributed by atoms with van der Waals surface area (Å²) in [4.78, 5) is 25.6. The van der Waals surface area contributed by atoms with Gasteiger partial charge in [-0.3, -0.25) is 4.79 Å². The summed E-state index contributed by atoms with van der Waals surface area (Å²) < 4.78 is 10.7. The van der Waals surface area contributed by atoms with Crippen LogP contribution < -0.4 is 19.7 Å². The van der Waals surface area contributed by atoms with Crippen molar-refractivity contribution < 1.29 is 14.3 Å². The Kier molecular flexibility index (Phi) is 7.80. The second-order valence-electron chi connectivity index (χ2n) is 8.06. The van der Waals surface area contributed by atoms with Crippen molar-refractivity contribution in [2.24, 2.45) is 5.92 Å².